The van der Waals surface area contributed by atoms with Crippen LogP contribution in [0.3, 0.4) is 0 Å². The summed E-state index contributed by atoms with van der Waals surface area (Å²) in [5, 5.41) is 6.51. The number of benzene rings is 2. The van der Waals surface area contributed by atoms with Crippen LogP contribution in [0.4, 0.5) is 11.4 Å². The van der Waals surface area contributed by atoms with Crippen LogP contribution in [0.2, 0.25) is 5.02 Å². The van der Waals surface area contributed by atoms with Gasteiger partial charge in [0.25, 0.3) is 0 Å². The third-order valence-electron chi connectivity index (χ3n) is 3.84. The van der Waals surface area contributed by atoms with Gasteiger partial charge in [0.1, 0.15) is 6.34 Å². The molecule has 0 radical (unpaired) electrons. The maximum atomic E-state index is 11.6. The first-order valence-electron chi connectivity index (χ1n) is 7.24. The Balaban J connectivity index is 1.82. The standard InChI is InChI=1S/C17H17ClN4O/c1-12-8-13(6-7-15(12)19)9-21-11-20-22(17(21)10-23)16-5-3-2-4-14(16)18/h2-8,10-11,17H,9,19H2,1H3. The van der Waals surface area contributed by atoms with Gasteiger partial charge in [0.2, 0.25) is 0 Å². The van der Waals surface area contributed by atoms with E-state index in [1.165, 1.54) is 0 Å². The molecule has 118 valence electrons. The molecule has 0 spiro atoms. The largest absolute Gasteiger partial charge is 0.399 e. The van der Waals surface area contributed by atoms with Crippen LogP contribution in [0.15, 0.2) is 47.6 Å². The molecule has 0 amide bonds. The average Bonchev–Trinajstić information content (AvgIpc) is 2.94. The summed E-state index contributed by atoms with van der Waals surface area (Å²) in [5.74, 6) is 0. The number of hydrogen-bond acceptors (Lipinski definition) is 5. The number of rotatable bonds is 4. The molecule has 1 aliphatic heterocycles. The van der Waals surface area contributed by atoms with E-state index in [4.69, 9.17) is 17.3 Å². The number of hydrogen-bond donors (Lipinski definition) is 1. The molecular formula is C17H17ClN4O. The van der Waals surface area contributed by atoms with E-state index >= 15 is 0 Å². The quantitative estimate of drug-likeness (QED) is 0.692. The molecule has 0 aromatic heterocycles. The van der Waals surface area contributed by atoms with Gasteiger partial charge in [-0.3, -0.25) is 4.79 Å². The van der Waals surface area contributed by atoms with Gasteiger partial charge in [0, 0.05) is 12.2 Å². The predicted molar refractivity (Wildman–Crippen MR) is 93.4 cm³/mol. The number of hydrazone groups is 1. The monoisotopic (exact) mass is 328 g/mol. The van der Waals surface area contributed by atoms with Crippen molar-refractivity contribution in [3.63, 3.8) is 0 Å². The summed E-state index contributed by atoms with van der Waals surface area (Å²) < 4.78 is 0. The van der Waals surface area contributed by atoms with Crippen molar-refractivity contribution < 1.29 is 4.79 Å². The number of nitrogen functional groups attached to an aromatic ring is 1. The molecule has 0 saturated heterocycles. The first-order chi connectivity index (χ1) is 11.1. The highest BCUT2D eigenvalue weighted by Gasteiger charge is 2.29. The third-order valence-corrected chi connectivity index (χ3v) is 4.15. The van der Waals surface area contributed by atoms with Crippen molar-refractivity contribution in [2.75, 3.05) is 10.7 Å². The molecule has 6 heteroatoms. The van der Waals surface area contributed by atoms with Gasteiger partial charge in [-0.05, 0) is 36.2 Å². The molecule has 2 N–H and O–H groups in total. The topological polar surface area (TPSA) is 61.9 Å². The second-order valence-corrected chi connectivity index (χ2v) is 5.85. The molecule has 0 saturated carbocycles. The van der Waals surface area contributed by atoms with Crippen LogP contribution in [-0.2, 0) is 11.3 Å². The molecular weight excluding hydrogens is 312 g/mol. The van der Waals surface area contributed by atoms with E-state index in [1.54, 1.807) is 17.4 Å². The molecule has 3 rings (SSSR count). The van der Waals surface area contributed by atoms with Gasteiger partial charge in [-0.2, -0.15) is 5.10 Å². The molecule has 2 aromatic carbocycles. The van der Waals surface area contributed by atoms with Gasteiger partial charge in [-0.15, -0.1) is 0 Å². The lowest BCUT2D eigenvalue weighted by atomic mass is 10.1. The van der Waals surface area contributed by atoms with Crippen molar-refractivity contribution >= 4 is 35.6 Å². The van der Waals surface area contributed by atoms with E-state index in [2.05, 4.69) is 5.10 Å². The van der Waals surface area contributed by atoms with Crippen LogP contribution in [0.25, 0.3) is 0 Å². The Labute approximate surface area is 139 Å². The lowest BCUT2D eigenvalue weighted by Gasteiger charge is -2.26. The van der Waals surface area contributed by atoms with Gasteiger partial charge in [0.05, 0.1) is 10.7 Å². The highest BCUT2D eigenvalue weighted by molar-refractivity contribution is 6.33. The second kappa shape index (κ2) is 6.30. The van der Waals surface area contributed by atoms with Crippen molar-refractivity contribution in [2.24, 2.45) is 5.10 Å². The molecule has 1 heterocycles. The van der Waals surface area contributed by atoms with E-state index in [-0.39, 0.29) is 0 Å². The third kappa shape index (κ3) is 3.00. The van der Waals surface area contributed by atoms with Crippen molar-refractivity contribution in [2.45, 2.75) is 19.6 Å². The number of para-hydroxylation sites is 1. The molecule has 0 fully saturated rings. The number of carbonyl (C=O) groups excluding carboxylic acids is 1. The number of halogens is 1. The zero-order valence-corrected chi connectivity index (χ0v) is 13.4. The Kier molecular flexibility index (Phi) is 4.21. The highest BCUT2D eigenvalue weighted by atomic mass is 35.5. The van der Waals surface area contributed by atoms with E-state index < -0.39 is 6.17 Å². The van der Waals surface area contributed by atoms with E-state index in [0.29, 0.717) is 17.3 Å². The van der Waals surface area contributed by atoms with E-state index in [9.17, 15) is 4.79 Å². The van der Waals surface area contributed by atoms with Crippen LogP contribution in [0.5, 0.6) is 0 Å². The molecule has 5 nitrogen and oxygen atoms in total. The molecule has 0 aliphatic carbocycles. The summed E-state index contributed by atoms with van der Waals surface area (Å²) in [4.78, 5) is 13.5. The Hall–Kier alpha value is -2.53. The van der Waals surface area contributed by atoms with Crippen LogP contribution in [-0.4, -0.2) is 23.7 Å². The molecule has 1 unspecified atom stereocenters. The molecule has 2 aromatic rings. The Morgan fingerprint density at radius 1 is 1.30 bits per heavy atom. The minimum Gasteiger partial charge on any atom is -0.399 e. The summed E-state index contributed by atoms with van der Waals surface area (Å²) in [6.07, 6.45) is 2.00. The van der Waals surface area contributed by atoms with Crippen LogP contribution >= 0.6 is 11.6 Å². The second-order valence-electron chi connectivity index (χ2n) is 5.44. The molecule has 0 bridgehead atoms. The summed E-state index contributed by atoms with van der Waals surface area (Å²) in [6, 6.07) is 13.2. The molecule has 23 heavy (non-hydrogen) atoms. The van der Waals surface area contributed by atoms with Gasteiger partial charge >= 0.3 is 0 Å². The number of anilines is 2. The fourth-order valence-electron chi connectivity index (χ4n) is 2.56. The number of aryl methyl sites for hydroxylation is 1. The zero-order valence-electron chi connectivity index (χ0n) is 12.7. The van der Waals surface area contributed by atoms with Crippen molar-refractivity contribution in [3.8, 4) is 0 Å². The normalized spacial score (nSPS) is 16.9. The molecule has 1 aliphatic rings. The number of carbonyl (C=O) groups is 1. The van der Waals surface area contributed by atoms with Gasteiger partial charge in [-0.25, -0.2) is 5.01 Å². The lowest BCUT2D eigenvalue weighted by Crippen LogP contribution is -2.40. The number of nitrogens with zero attached hydrogens (tertiary/aromatic N) is 3. The Morgan fingerprint density at radius 3 is 2.78 bits per heavy atom. The smallest absolute Gasteiger partial charge is 0.181 e. The number of nitrogens with two attached hydrogens (primary N) is 1. The summed E-state index contributed by atoms with van der Waals surface area (Å²) >= 11 is 6.21. The van der Waals surface area contributed by atoms with Crippen molar-refractivity contribution in [1.82, 2.24) is 4.90 Å². The van der Waals surface area contributed by atoms with E-state index in [0.717, 1.165) is 23.1 Å². The predicted octanol–water partition coefficient (Wildman–Crippen LogP) is 3.02. The van der Waals surface area contributed by atoms with Crippen LogP contribution in [0.1, 0.15) is 11.1 Å². The first kappa shape index (κ1) is 15.4. The van der Waals surface area contributed by atoms with Crippen molar-refractivity contribution in [1.29, 1.82) is 0 Å². The average molecular weight is 329 g/mol. The maximum absolute atomic E-state index is 11.6. The zero-order chi connectivity index (χ0) is 16.4. The summed E-state index contributed by atoms with van der Waals surface area (Å²) in [5.41, 5.74) is 9.39. The summed E-state index contributed by atoms with van der Waals surface area (Å²) in [7, 11) is 0. The first-order valence-corrected chi connectivity index (χ1v) is 7.62. The fourth-order valence-corrected chi connectivity index (χ4v) is 2.78. The van der Waals surface area contributed by atoms with Gasteiger partial charge in [0.15, 0.2) is 12.5 Å². The van der Waals surface area contributed by atoms with E-state index in [1.807, 2.05) is 48.2 Å². The van der Waals surface area contributed by atoms with Crippen LogP contribution < -0.4 is 10.7 Å². The summed E-state index contributed by atoms with van der Waals surface area (Å²) in [6.45, 7) is 2.53. The van der Waals surface area contributed by atoms with Gasteiger partial charge < -0.3 is 10.6 Å². The highest BCUT2D eigenvalue weighted by Crippen LogP contribution is 2.30. The lowest BCUT2D eigenvalue weighted by molar-refractivity contribution is -0.111. The fraction of sp³-hybridized carbons (Fsp3) is 0.176. The Morgan fingerprint density at radius 2 is 2.09 bits per heavy atom. The maximum Gasteiger partial charge on any atom is 0.181 e. The van der Waals surface area contributed by atoms with Crippen molar-refractivity contribution in [3.05, 3.63) is 58.6 Å². The Bertz CT molecular complexity index is 762. The molecule has 1 atom stereocenters. The SMILES string of the molecule is Cc1cc(CN2C=NN(c3ccccc3Cl)C2C=O)ccc1N. The van der Waals surface area contributed by atoms with Crippen LogP contribution in [0, 0.1) is 6.92 Å². The minimum absolute atomic E-state index is 0.521. The number of aldehydes is 1. The van der Waals surface area contributed by atoms with Gasteiger partial charge in [-0.1, -0.05) is 35.9 Å². The minimum atomic E-state index is -0.521.